The molecule has 3 heterocycles. The summed E-state index contributed by atoms with van der Waals surface area (Å²) in [6, 6.07) is 11.8. The molecule has 1 aliphatic heterocycles. The highest BCUT2D eigenvalue weighted by molar-refractivity contribution is 5.93. The summed E-state index contributed by atoms with van der Waals surface area (Å²) < 4.78 is 5.04. The van der Waals surface area contributed by atoms with Crippen LogP contribution in [0.5, 0.6) is 0 Å². The molecule has 3 aromatic rings. The van der Waals surface area contributed by atoms with Crippen molar-refractivity contribution in [3.05, 3.63) is 71.9 Å². The third kappa shape index (κ3) is 4.00. The number of carbonyl (C=O) groups excluding carboxylic acids is 1. The Labute approximate surface area is 158 Å². The van der Waals surface area contributed by atoms with Crippen molar-refractivity contribution in [1.29, 1.82) is 0 Å². The lowest BCUT2D eigenvalue weighted by molar-refractivity contribution is 0.0705. The highest BCUT2D eigenvalue weighted by Crippen LogP contribution is 2.27. The Bertz CT molecular complexity index is 923. The molecule has 1 unspecified atom stereocenters. The Morgan fingerprint density at radius 1 is 1.30 bits per heavy atom. The molecule has 1 N–H and O–H groups in total. The van der Waals surface area contributed by atoms with Crippen molar-refractivity contribution in [2.24, 2.45) is 0 Å². The molecule has 0 radical (unpaired) electrons. The number of hydrogen-bond donors (Lipinski definition) is 1. The number of benzene rings is 1. The molecule has 0 spiro atoms. The highest BCUT2D eigenvalue weighted by atomic mass is 16.3. The molecule has 0 aliphatic carbocycles. The van der Waals surface area contributed by atoms with Gasteiger partial charge in [-0.15, -0.1) is 0 Å². The average molecular weight is 362 g/mol. The van der Waals surface area contributed by atoms with Crippen LogP contribution in [0.4, 0.5) is 11.6 Å². The lowest BCUT2D eigenvalue weighted by Gasteiger charge is -2.32. The molecule has 0 saturated carbocycles. The van der Waals surface area contributed by atoms with Gasteiger partial charge < -0.3 is 14.6 Å². The van der Waals surface area contributed by atoms with Crippen molar-refractivity contribution in [3.63, 3.8) is 0 Å². The summed E-state index contributed by atoms with van der Waals surface area (Å²) in [4.78, 5) is 23.5. The minimum Gasteiger partial charge on any atom is -0.472 e. The molecule has 1 saturated heterocycles. The Hall–Kier alpha value is -3.15. The van der Waals surface area contributed by atoms with Gasteiger partial charge in [0, 0.05) is 30.9 Å². The van der Waals surface area contributed by atoms with E-state index in [1.165, 1.54) is 18.1 Å². The SMILES string of the molecule is Cc1cccc(Nc2nccc(C3CCCN(C(=O)c4ccoc4)C3)n2)c1. The van der Waals surface area contributed by atoms with Gasteiger partial charge in [0.15, 0.2) is 0 Å². The zero-order valence-corrected chi connectivity index (χ0v) is 15.3. The number of aryl methyl sites for hydroxylation is 1. The molecule has 1 amide bonds. The van der Waals surface area contributed by atoms with Crippen LogP contribution in [0.1, 0.15) is 40.4 Å². The van der Waals surface area contributed by atoms with Gasteiger partial charge in [-0.3, -0.25) is 4.79 Å². The van der Waals surface area contributed by atoms with E-state index in [1.807, 2.05) is 23.1 Å². The lowest BCUT2D eigenvalue weighted by Crippen LogP contribution is -2.39. The Kier molecular flexibility index (Phi) is 4.87. The van der Waals surface area contributed by atoms with Crippen LogP contribution in [-0.2, 0) is 0 Å². The zero-order valence-electron chi connectivity index (χ0n) is 15.3. The van der Waals surface area contributed by atoms with Gasteiger partial charge in [-0.05, 0) is 49.6 Å². The summed E-state index contributed by atoms with van der Waals surface area (Å²) in [6.45, 7) is 3.47. The molecular weight excluding hydrogens is 340 g/mol. The molecule has 6 nitrogen and oxygen atoms in total. The first-order valence-corrected chi connectivity index (χ1v) is 9.17. The van der Waals surface area contributed by atoms with E-state index in [4.69, 9.17) is 9.40 Å². The van der Waals surface area contributed by atoms with Gasteiger partial charge in [-0.25, -0.2) is 9.97 Å². The average Bonchev–Trinajstić information content (AvgIpc) is 3.23. The van der Waals surface area contributed by atoms with Crippen LogP contribution in [0.3, 0.4) is 0 Å². The van der Waals surface area contributed by atoms with Gasteiger partial charge in [-0.1, -0.05) is 12.1 Å². The number of furan rings is 1. The third-order valence-corrected chi connectivity index (χ3v) is 4.85. The van der Waals surface area contributed by atoms with Crippen molar-refractivity contribution in [2.45, 2.75) is 25.7 Å². The van der Waals surface area contributed by atoms with Crippen molar-refractivity contribution >= 4 is 17.5 Å². The predicted octanol–water partition coefficient (Wildman–Crippen LogP) is 4.14. The first-order chi connectivity index (χ1) is 13.2. The van der Waals surface area contributed by atoms with Crippen molar-refractivity contribution < 1.29 is 9.21 Å². The summed E-state index contributed by atoms with van der Waals surface area (Å²) >= 11 is 0. The molecule has 1 aromatic carbocycles. The number of amides is 1. The summed E-state index contributed by atoms with van der Waals surface area (Å²) in [5.74, 6) is 0.799. The monoisotopic (exact) mass is 362 g/mol. The lowest BCUT2D eigenvalue weighted by atomic mass is 9.94. The fraction of sp³-hybridized carbons (Fsp3) is 0.286. The summed E-state index contributed by atoms with van der Waals surface area (Å²) in [5, 5.41) is 3.27. The second-order valence-corrected chi connectivity index (χ2v) is 6.90. The number of likely N-dealkylation sites (tertiary alicyclic amines) is 1. The number of hydrogen-bond acceptors (Lipinski definition) is 5. The van der Waals surface area contributed by atoms with E-state index in [1.54, 1.807) is 12.3 Å². The van der Waals surface area contributed by atoms with Gasteiger partial charge in [-0.2, -0.15) is 0 Å². The maximum Gasteiger partial charge on any atom is 0.257 e. The van der Waals surface area contributed by atoms with E-state index < -0.39 is 0 Å². The molecule has 1 aliphatic rings. The van der Waals surface area contributed by atoms with E-state index in [9.17, 15) is 4.79 Å². The van der Waals surface area contributed by atoms with Crippen molar-refractivity contribution in [3.8, 4) is 0 Å². The molecule has 1 fully saturated rings. The predicted molar refractivity (Wildman–Crippen MR) is 103 cm³/mol. The van der Waals surface area contributed by atoms with Gasteiger partial charge >= 0.3 is 0 Å². The Balaban J connectivity index is 1.48. The number of anilines is 2. The van der Waals surface area contributed by atoms with Gasteiger partial charge in [0.05, 0.1) is 17.5 Å². The summed E-state index contributed by atoms with van der Waals surface area (Å²) in [7, 11) is 0. The third-order valence-electron chi connectivity index (χ3n) is 4.85. The van der Waals surface area contributed by atoms with E-state index in [0.717, 1.165) is 30.8 Å². The fourth-order valence-corrected chi connectivity index (χ4v) is 3.48. The smallest absolute Gasteiger partial charge is 0.257 e. The highest BCUT2D eigenvalue weighted by Gasteiger charge is 2.27. The standard InChI is InChI=1S/C21H22N4O2/c1-15-4-2-6-18(12-15)23-21-22-9-7-19(24-21)16-5-3-10-25(13-16)20(26)17-8-11-27-14-17/h2,4,6-9,11-12,14,16H,3,5,10,13H2,1H3,(H,22,23,24). The van der Waals surface area contributed by atoms with Gasteiger partial charge in [0.1, 0.15) is 6.26 Å². The first kappa shape index (κ1) is 17.3. The minimum absolute atomic E-state index is 0.0145. The van der Waals surface area contributed by atoms with Crippen LogP contribution >= 0.6 is 0 Å². The van der Waals surface area contributed by atoms with Gasteiger partial charge in [0.25, 0.3) is 5.91 Å². The van der Waals surface area contributed by atoms with E-state index >= 15 is 0 Å². The number of rotatable bonds is 4. The zero-order chi connectivity index (χ0) is 18.6. The molecule has 27 heavy (non-hydrogen) atoms. The Morgan fingerprint density at radius 3 is 3.04 bits per heavy atom. The van der Waals surface area contributed by atoms with Crippen molar-refractivity contribution in [2.75, 3.05) is 18.4 Å². The Morgan fingerprint density at radius 2 is 2.22 bits per heavy atom. The van der Waals surface area contributed by atoms with Gasteiger partial charge in [0.2, 0.25) is 5.95 Å². The van der Waals surface area contributed by atoms with Crippen LogP contribution in [0.2, 0.25) is 0 Å². The number of aromatic nitrogens is 2. The largest absolute Gasteiger partial charge is 0.472 e. The van der Waals surface area contributed by atoms with Crippen LogP contribution in [0.15, 0.2) is 59.5 Å². The van der Waals surface area contributed by atoms with Crippen LogP contribution in [0, 0.1) is 6.92 Å². The molecule has 2 aromatic heterocycles. The van der Waals surface area contributed by atoms with Crippen molar-refractivity contribution in [1.82, 2.24) is 14.9 Å². The summed E-state index contributed by atoms with van der Waals surface area (Å²) in [6.07, 6.45) is 6.77. The molecule has 138 valence electrons. The second-order valence-electron chi connectivity index (χ2n) is 6.90. The van der Waals surface area contributed by atoms with Crippen LogP contribution in [-0.4, -0.2) is 33.9 Å². The van der Waals surface area contributed by atoms with Crippen LogP contribution in [0.25, 0.3) is 0 Å². The van der Waals surface area contributed by atoms with E-state index in [0.29, 0.717) is 18.1 Å². The normalized spacial score (nSPS) is 16.9. The number of piperidine rings is 1. The summed E-state index contributed by atoms with van der Waals surface area (Å²) in [5.41, 5.74) is 3.70. The fourth-order valence-electron chi connectivity index (χ4n) is 3.48. The molecule has 1 atom stereocenters. The van der Waals surface area contributed by atoms with E-state index in [-0.39, 0.29) is 11.8 Å². The molecule has 6 heteroatoms. The maximum absolute atomic E-state index is 12.6. The number of carbonyl (C=O) groups is 1. The second kappa shape index (κ2) is 7.61. The quantitative estimate of drug-likeness (QED) is 0.755. The molecule has 0 bridgehead atoms. The molecular formula is C21H22N4O2. The number of nitrogens with zero attached hydrogens (tertiary/aromatic N) is 3. The van der Waals surface area contributed by atoms with Crippen LogP contribution < -0.4 is 5.32 Å². The topological polar surface area (TPSA) is 71.3 Å². The number of nitrogens with one attached hydrogen (secondary N) is 1. The maximum atomic E-state index is 12.6. The van der Waals surface area contributed by atoms with E-state index in [2.05, 4.69) is 29.4 Å². The first-order valence-electron chi connectivity index (χ1n) is 9.17. The molecule has 4 rings (SSSR count). The minimum atomic E-state index is 0.0145.